The standard InChI is InChI=1S/C18H17O3/c19-18(21-20-17-11-4-5-12-17)16-10-6-9-15(13-16)14-7-2-1-3-8-14/h1-3,6-10,13H,4-5,11-12H2. The lowest BCUT2D eigenvalue weighted by Crippen LogP contribution is -2.08. The normalized spacial score (nSPS) is 15.0. The Labute approximate surface area is 124 Å². The second-order valence-electron chi connectivity index (χ2n) is 5.15. The molecule has 0 amide bonds. The molecule has 1 saturated carbocycles. The lowest BCUT2D eigenvalue weighted by atomic mass is 10.0. The molecular formula is C18H17O3. The van der Waals surface area contributed by atoms with E-state index in [0.717, 1.165) is 42.9 Å². The average molecular weight is 281 g/mol. The topological polar surface area (TPSA) is 35.5 Å². The highest BCUT2D eigenvalue weighted by molar-refractivity contribution is 5.90. The summed E-state index contributed by atoms with van der Waals surface area (Å²) in [6.45, 7) is 0. The first-order chi connectivity index (χ1) is 10.3. The number of hydrogen-bond acceptors (Lipinski definition) is 3. The van der Waals surface area contributed by atoms with Crippen molar-refractivity contribution < 1.29 is 14.6 Å². The van der Waals surface area contributed by atoms with Gasteiger partial charge in [-0.1, -0.05) is 55.3 Å². The Morgan fingerprint density at radius 2 is 1.57 bits per heavy atom. The lowest BCUT2D eigenvalue weighted by Gasteiger charge is -2.09. The highest BCUT2D eigenvalue weighted by Gasteiger charge is 2.20. The van der Waals surface area contributed by atoms with Crippen LogP contribution in [-0.2, 0) is 9.78 Å². The van der Waals surface area contributed by atoms with Crippen molar-refractivity contribution in [1.29, 1.82) is 0 Å². The average Bonchev–Trinajstić information content (AvgIpc) is 3.07. The van der Waals surface area contributed by atoms with E-state index in [9.17, 15) is 4.79 Å². The van der Waals surface area contributed by atoms with Gasteiger partial charge in [0.2, 0.25) is 0 Å². The van der Waals surface area contributed by atoms with Crippen molar-refractivity contribution in [3.8, 4) is 11.1 Å². The minimum Gasteiger partial charge on any atom is -0.292 e. The van der Waals surface area contributed by atoms with Gasteiger partial charge in [-0.15, -0.1) is 0 Å². The summed E-state index contributed by atoms with van der Waals surface area (Å²) in [6.07, 6.45) is 4.85. The fraction of sp³-hybridized carbons (Fsp3) is 0.222. The quantitative estimate of drug-likeness (QED) is 0.609. The molecule has 2 aromatic carbocycles. The summed E-state index contributed by atoms with van der Waals surface area (Å²) < 4.78 is 0. The van der Waals surface area contributed by atoms with Crippen LogP contribution in [0, 0.1) is 6.10 Å². The van der Waals surface area contributed by atoms with Crippen LogP contribution in [0.5, 0.6) is 0 Å². The molecule has 0 aliphatic heterocycles. The van der Waals surface area contributed by atoms with Gasteiger partial charge in [0.05, 0.1) is 5.56 Å². The van der Waals surface area contributed by atoms with Crippen LogP contribution >= 0.6 is 0 Å². The van der Waals surface area contributed by atoms with Crippen LogP contribution in [0.2, 0.25) is 0 Å². The summed E-state index contributed by atoms with van der Waals surface area (Å²) in [5, 5.41) is 0. The number of hydrogen-bond donors (Lipinski definition) is 0. The molecule has 0 unspecified atom stereocenters. The Kier molecular flexibility index (Phi) is 4.31. The number of rotatable bonds is 4. The van der Waals surface area contributed by atoms with E-state index in [2.05, 4.69) is 0 Å². The van der Waals surface area contributed by atoms with Crippen molar-refractivity contribution in [2.24, 2.45) is 0 Å². The van der Waals surface area contributed by atoms with Crippen LogP contribution in [0.3, 0.4) is 0 Å². The molecule has 0 N–H and O–H groups in total. The molecule has 107 valence electrons. The van der Waals surface area contributed by atoms with Crippen molar-refractivity contribution in [2.75, 3.05) is 0 Å². The van der Waals surface area contributed by atoms with Crippen molar-refractivity contribution in [1.82, 2.24) is 0 Å². The summed E-state index contributed by atoms with van der Waals surface area (Å²) in [5.74, 6) is -0.452. The third kappa shape index (κ3) is 3.50. The zero-order valence-electron chi connectivity index (χ0n) is 11.7. The number of benzene rings is 2. The van der Waals surface area contributed by atoms with E-state index in [1.54, 1.807) is 6.07 Å². The summed E-state index contributed by atoms with van der Waals surface area (Å²) in [7, 11) is 0. The Bertz CT molecular complexity index is 601. The second kappa shape index (κ2) is 6.55. The molecule has 1 radical (unpaired) electrons. The largest absolute Gasteiger partial charge is 0.373 e. The smallest absolute Gasteiger partial charge is 0.292 e. The molecule has 3 rings (SSSR count). The molecule has 3 heteroatoms. The van der Waals surface area contributed by atoms with Crippen LogP contribution in [0.4, 0.5) is 0 Å². The Morgan fingerprint density at radius 3 is 2.33 bits per heavy atom. The first-order valence-electron chi connectivity index (χ1n) is 7.22. The minimum atomic E-state index is -0.452. The van der Waals surface area contributed by atoms with E-state index >= 15 is 0 Å². The fourth-order valence-corrected chi connectivity index (χ4v) is 2.45. The van der Waals surface area contributed by atoms with Crippen LogP contribution < -0.4 is 0 Å². The number of carbonyl (C=O) groups is 1. The summed E-state index contributed by atoms with van der Waals surface area (Å²) in [6, 6.07) is 17.3. The number of carbonyl (C=O) groups excluding carboxylic acids is 1. The molecule has 0 bridgehead atoms. The van der Waals surface area contributed by atoms with Gasteiger partial charge in [-0.25, -0.2) is 4.79 Å². The Hall–Kier alpha value is -2.13. The van der Waals surface area contributed by atoms with Crippen LogP contribution in [-0.4, -0.2) is 5.97 Å². The van der Waals surface area contributed by atoms with Gasteiger partial charge < -0.3 is 0 Å². The predicted molar refractivity (Wildman–Crippen MR) is 80.1 cm³/mol. The highest BCUT2D eigenvalue weighted by Crippen LogP contribution is 2.28. The maximum atomic E-state index is 12.0. The molecule has 0 atom stereocenters. The summed E-state index contributed by atoms with van der Waals surface area (Å²) in [5.41, 5.74) is 2.55. The first-order valence-corrected chi connectivity index (χ1v) is 7.22. The molecule has 0 saturated heterocycles. The van der Waals surface area contributed by atoms with Gasteiger partial charge in [0, 0.05) is 0 Å². The maximum absolute atomic E-state index is 12.0. The van der Waals surface area contributed by atoms with Crippen molar-refractivity contribution >= 4 is 5.97 Å². The van der Waals surface area contributed by atoms with E-state index in [-0.39, 0.29) is 0 Å². The van der Waals surface area contributed by atoms with E-state index in [0.29, 0.717) is 5.56 Å². The molecule has 1 aliphatic rings. The second-order valence-corrected chi connectivity index (χ2v) is 5.15. The van der Waals surface area contributed by atoms with Crippen molar-refractivity contribution in [2.45, 2.75) is 25.7 Å². The molecular weight excluding hydrogens is 264 g/mol. The van der Waals surface area contributed by atoms with Crippen LogP contribution in [0.15, 0.2) is 54.6 Å². The zero-order valence-corrected chi connectivity index (χ0v) is 11.7. The first kappa shape index (κ1) is 13.8. The predicted octanol–water partition coefficient (Wildman–Crippen LogP) is 4.55. The lowest BCUT2D eigenvalue weighted by molar-refractivity contribution is -0.234. The Balaban J connectivity index is 1.69. The van der Waals surface area contributed by atoms with Gasteiger partial charge in [0.1, 0.15) is 6.10 Å². The molecule has 21 heavy (non-hydrogen) atoms. The van der Waals surface area contributed by atoms with Gasteiger partial charge in [-0.3, -0.25) is 4.89 Å². The van der Waals surface area contributed by atoms with Gasteiger partial charge in [0.15, 0.2) is 0 Å². The highest BCUT2D eigenvalue weighted by atomic mass is 17.2. The molecule has 3 nitrogen and oxygen atoms in total. The van der Waals surface area contributed by atoms with Crippen LogP contribution in [0.25, 0.3) is 11.1 Å². The fourth-order valence-electron chi connectivity index (χ4n) is 2.45. The van der Waals surface area contributed by atoms with Crippen molar-refractivity contribution in [3.63, 3.8) is 0 Å². The summed E-state index contributed by atoms with van der Waals surface area (Å²) in [4.78, 5) is 22.1. The molecule has 0 aromatic heterocycles. The molecule has 0 spiro atoms. The maximum Gasteiger partial charge on any atom is 0.373 e. The van der Waals surface area contributed by atoms with Gasteiger partial charge in [0.25, 0.3) is 0 Å². The SMILES string of the molecule is O=C(OO[C]1CCCC1)c1cccc(-c2ccccc2)c1. The third-order valence-electron chi connectivity index (χ3n) is 3.60. The van der Waals surface area contributed by atoms with Gasteiger partial charge in [-0.05, 0) is 36.1 Å². The Morgan fingerprint density at radius 1 is 0.857 bits per heavy atom. The zero-order chi connectivity index (χ0) is 14.5. The van der Waals surface area contributed by atoms with Gasteiger partial charge >= 0.3 is 5.97 Å². The van der Waals surface area contributed by atoms with Crippen molar-refractivity contribution in [3.05, 3.63) is 66.3 Å². The third-order valence-corrected chi connectivity index (χ3v) is 3.60. The van der Waals surface area contributed by atoms with E-state index in [1.807, 2.05) is 48.5 Å². The van der Waals surface area contributed by atoms with Crippen LogP contribution in [0.1, 0.15) is 36.0 Å². The summed E-state index contributed by atoms with van der Waals surface area (Å²) >= 11 is 0. The molecule has 0 heterocycles. The van der Waals surface area contributed by atoms with E-state index < -0.39 is 5.97 Å². The van der Waals surface area contributed by atoms with E-state index in [1.165, 1.54) is 0 Å². The molecule has 1 fully saturated rings. The van der Waals surface area contributed by atoms with Gasteiger partial charge in [-0.2, -0.15) is 4.89 Å². The molecule has 1 aliphatic carbocycles. The minimum absolute atomic E-state index is 0.452. The van der Waals surface area contributed by atoms with E-state index in [4.69, 9.17) is 9.78 Å². The molecule has 2 aromatic rings. The monoisotopic (exact) mass is 281 g/mol.